The first-order valence-electron chi connectivity index (χ1n) is 6.18. The number of aromatic nitrogens is 2. The zero-order valence-corrected chi connectivity index (χ0v) is 11.4. The Balaban J connectivity index is 2.49. The van der Waals surface area contributed by atoms with Crippen LogP contribution in [0, 0.1) is 0 Å². The van der Waals surface area contributed by atoms with Crippen LogP contribution in [0.2, 0.25) is 0 Å². The number of nitrogens with zero attached hydrogens (tertiary/aromatic N) is 1. The van der Waals surface area contributed by atoms with Gasteiger partial charge in [-0.05, 0) is 38.3 Å². The number of benzene rings is 1. The third-order valence-electron chi connectivity index (χ3n) is 2.41. The number of carbonyl (C=O) groups is 1. The van der Waals surface area contributed by atoms with Crippen LogP contribution in [-0.4, -0.2) is 21.5 Å². The van der Waals surface area contributed by atoms with E-state index in [-0.39, 0.29) is 0 Å². The molecule has 2 rings (SSSR count). The molecule has 0 saturated carbocycles. The van der Waals surface area contributed by atoms with E-state index in [0.717, 1.165) is 10.9 Å². The van der Waals surface area contributed by atoms with Crippen LogP contribution in [-0.2, 0) is 4.74 Å². The van der Waals surface area contributed by atoms with Crippen LogP contribution in [0.4, 0.5) is 4.79 Å². The van der Waals surface area contributed by atoms with Crippen molar-refractivity contribution in [1.29, 1.82) is 0 Å². The maximum Gasteiger partial charge on any atom is 0.433 e. The first kappa shape index (κ1) is 13.2. The molecule has 1 heterocycles. The van der Waals surface area contributed by atoms with Crippen LogP contribution in [0.15, 0.2) is 48.7 Å². The number of nitrogens with one attached hydrogen (secondary N) is 1. The fourth-order valence-electron chi connectivity index (χ4n) is 1.62. The van der Waals surface area contributed by atoms with Gasteiger partial charge in [-0.2, -0.15) is 4.68 Å². The summed E-state index contributed by atoms with van der Waals surface area (Å²) in [6.45, 7) is 5.52. The fourth-order valence-corrected chi connectivity index (χ4v) is 1.62. The number of fused-ring (bicyclic) bond motifs is 1. The Kier molecular flexibility index (Phi) is 3.60. The zero-order valence-electron chi connectivity index (χ0n) is 11.4. The molecule has 0 saturated heterocycles. The van der Waals surface area contributed by atoms with Gasteiger partial charge in [0.05, 0.1) is 5.52 Å². The topological polar surface area (TPSA) is 47.0 Å². The minimum Gasteiger partial charge on any atom is -0.442 e. The van der Waals surface area contributed by atoms with Crippen molar-refractivity contribution >= 4 is 17.0 Å². The van der Waals surface area contributed by atoms with E-state index in [9.17, 15) is 4.79 Å². The van der Waals surface area contributed by atoms with Gasteiger partial charge in [-0.1, -0.05) is 30.3 Å². The van der Waals surface area contributed by atoms with Gasteiger partial charge in [-0.15, -0.1) is 0 Å². The summed E-state index contributed by atoms with van der Waals surface area (Å²) >= 11 is 0. The molecule has 0 amide bonds. The van der Waals surface area contributed by atoms with Gasteiger partial charge in [-0.3, -0.25) is 5.10 Å². The predicted molar refractivity (Wildman–Crippen MR) is 75.5 cm³/mol. The van der Waals surface area contributed by atoms with Crippen LogP contribution in [0.25, 0.3) is 10.9 Å². The van der Waals surface area contributed by atoms with E-state index in [0.29, 0.717) is 0 Å². The second-order valence-corrected chi connectivity index (χ2v) is 5.25. The Morgan fingerprint density at radius 1 is 1.11 bits per heavy atom. The molecular weight excluding hydrogens is 240 g/mol. The molecule has 0 atom stereocenters. The molecule has 100 valence electrons. The van der Waals surface area contributed by atoms with E-state index in [2.05, 4.69) is 5.10 Å². The van der Waals surface area contributed by atoms with Gasteiger partial charge in [0.15, 0.2) is 0 Å². The van der Waals surface area contributed by atoms with Crippen LogP contribution in [0.5, 0.6) is 0 Å². The van der Waals surface area contributed by atoms with E-state index >= 15 is 0 Å². The van der Waals surface area contributed by atoms with E-state index in [1.165, 1.54) is 4.68 Å². The summed E-state index contributed by atoms with van der Waals surface area (Å²) in [4.78, 5) is 12.1. The van der Waals surface area contributed by atoms with Crippen LogP contribution >= 0.6 is 0 Å². The molecule has 0 aliphatic rings. The van der Waals surface area contributed by atoms with Crippen molar-refractivity contribution in [2.45, 2.75) is 26.4 Å². The Bertz CT molecular complexity index is 631. The first-order valence-corrected chi connectivity index (χ1v) is 6.18. The lowest BCUT2D eigenvalue weighted by atomic mass is 10.2. The Labute approximate surface area is 112 Å². The lowest BCUT2D eigenvalue weighted by Gasteiger charge is -2.19. The van der Waals surface area contributed by atoms with Gasteiger partial charge in [0, 0.05) is 6.20 Å². The number of H-pyrrole nitrogens is 1. The molecule has 2 aromatic rings. The minimum absolute atomic E-state index is 0.436. The smallest absolute Gasteiger partial charge is 0.433 e. The third kappa shape index (κ3) is 3.61. The van der Waals surface area contributed by atoms with E-state index in [4.69, 9.17) is 4.74 Å². The third-order valence-corrected chi connectivity index (χ3v) is 2.41. The van der Waals surface area contributed by atoms with Crippen molar-refractivity contribution in [3.63, 3.8) is 0 Å². The summed E-state index contributed by atoms with van der Waals surface area (Å²) in [7, 11) is 0. The Hall–Kier alpha value is -2.23. The summed E-state index contributed by atoms with van der Waals surface area (Å²) in [5.74, 6) is 0. The number of hydrogen-bond donors (Lipinski definition) is 1. The van der Waals surface area contributed by atoms with Gasteiger partial charge >= 0.3 is 6.09 Å². The van der Waals surface area contributed by atoms with Crippen molar-refractivity contribution < 1.29 is 9.53 Å². The second kappa shape index (κ2) is 5.18. The second-order valence-electron chi connectivity index (χ2n) is 5.25. The van der Waals surface area contributed by atoms with Crippen molar-refractivity contribution in [1.82, 2.24) is 9.78 Å². The summed E-state index contributed by atoms with van der Waals surface area (Å²) in [5.41, 5.74) is 0.332. The highest BCUT2D eigenvalue weighted by molar-refractivity contribution is 5.78. The SMILES string of the molecule is CC(C)(C)OC(=O)n1ccccc2ccccc2[nH]1. The summed E-state index contributed by atoms with van der Waals surface area (Å²) in [6.07, 6.45) is 1.20. The highest BCUT2D eigenvalue weighted by Gasteiger charge is 2.16. The zero-order chi connectivity index (χ0) is 13.9. The van der Waals surface area contributed by atoms with Crippen LogP contribution in [0.3, 0.4) is 0 Å². The average molecular weight is 258 g/mol. The molecule has 0 fully saturated rings. The number of rotatable bonds is 0. The maximum absolute atomic E-state index is 12.1. The molecule has 0 aliphatic carbocycles. The number of aromatic amines is 1. The fraction of sp³-hybridized carbons (Fsp3) is 0.267. The molecular formula is C15H18N2O2. The highest BCUT2D eigenvalue weighted by Crippen LogP contribution is 2.10. The number of para-hydroxylation sites is 1. The molecule has 1 aromatic carbocycles. The highest BCUT2D eigenvalue weighted by atomic mass is 16.6. The summed E-state index contributed by atoms with van der Waals surface area (Å²) < 4.78 is 6.68. The largest absolute Gasteiger partial charge is 0.442 e. The average Bonchev–Trinajstić information content (AvgIpc) is 2.27. The quantitative estimate of drug-likeness (QED) is 0.779. The summed E-state index contributed by atoms with van der Waals surface area (Å²) in [5, 5.41) is 4.06. The normalized spacial score (nSPS) is 11.1. The monoisotopic (exact) mass is 258 g/mol. The van der Waals surface area contributed by atoms with Gasteiger partial charge in [-0.25, -0.2) is 4.79 Å². The molecule has 1 N–H and O–H groups in total. The maximum atomic E-state index is 12.1. The van der Waals surface area contributed by atoms with E-state index in [1.54, 1.807) is 12.3 Å². The lowest BCUT2D eigenvalue weighted by molar-refractivity contribution is 0.0513. The lowest BCUT2D eigenvalue weighted by Crippen LogP contribution is -2.27. The van der Waals surface area contributed by atoms with Crippen LogP contribution in [0.1, 0.15) is 20.8 Å². The standard InChI is InChI=1S/C15H18N2O2/c1-15(2,3)19-14(18)17-11-7-6-9-12-8-4-5-10-13(12)16-17/h4-11,16H,1-3H3. The molecule has 0 aliphatic heterocycles. The molecule has 0 bridgehead atoms. The summed E-state index contributed by atoms with van der Waals surface area (Å²) in [6, 6.07) is 13.4. The number of carbonyl (C=O) groups excluding carboxylic acids is 1. The number of hydrogen-bond acceptors (Lipinski definition) is 2. The van der Waals surface area contributed by atoms with Gasteiger partial charge in [0.2, 0.25) is 0 Å². The number of ether oxygens (including phenoxy) is 1. The van der Waals surface area contributed by atoms with Crippen LogP contribution < -0.4 is 0 Å². The first-order chi connectivity index (χ1) is 8.96. The Morgan fingerprint density at radius 3 is 2.42 bits per heavy atom. The molecule has 0 unspecified atom stereocenters. The predicted octanol–water partition coefficient (Wildman–Crippen LogP) is 3.88. The van der Waals surface area contributed by atoms with Gasteiger partial charge in [0.25, 0.3) is 0 Å². The molecule has 19 heavy (non-hydrogen) atoms. The Morgan fingerprint density at radius 2 is 1.74 bits per heavy atom. The molecule has 0 radical (unpaired) electrons. The molecule has 4 heteroatoms. The van der Waals surface area contributed by atoms with E-state index < -0.39 is 11.7 Å². The molecule has 1 aromatic heterocycles. The minimum atomic E-state index is -0.523. The van der Waals surface area contributed by atoms with Crippen molar-refractivity contribution in [2.24, 2.45) is 0 Å². The van der Waals surface area contributed by atoms with Crippen molar-refractivity contribution in [3.8, 4) is 0 Å². The van der Waals surface area contributed by atoms with Gasteiger partial charge < -0.3 is 4.74 Å². The molecule has 4 nitrogen and oxygen atoms in total. The van der Waals surface area contributed by atoms with Crippen molar-refractivity contribution in [2.75, 3.05) is 0 Å². The molecule has 0 spiro atoms. The van der Waals surface area contributed by atoms with Gasteiger partial charge in [0.1, 0.15) is 5.60 Å². The van der Waals surface area contributed by atoms with E-state index in [1.807, 2.05) is 57.2 Å². The van der Waals surface area contributed by atoms with Crippen molar-refractivity contribution in [3.05, 3.63) is 48.7 Å².